The van der Waals surface area contributed by atoms with E-state index in [1.165, 1.54) is 7.11 Å². The maximum atomic E-state index is 11.6. The second kappa shape index (κ2) is 4.14. The standard InChI is InChI=1S/C15H10N2O2/c1-19-15(18)10-6-7-17-13(8-10)11-4-2-3-5-12(11)14(17)9-16/h2-8H,1H3. The van der Waals surface area contributed by atoms with Gasteiger partial charge in [0.15, 0.2) is 0 Å². The predicted molar refractivity (Wildman–Crippen MR) is 71.0 cm³/mol. The fraction of sp³-hybridized carbons (Fsp3) is 0.0667. The molecule has 4 nitrogen and oxygen atoms in total. The van der Waals surface area contributed by atoms with Crippen molar-refractivity contribution < 1.29 is 9.53 Å². The topological polar surface area (TPSA) is 54.5 Å². The summed E-state index contributed by atoms with van der Waals surface area (Å²) >= 11 is 0. The second-order valence-electron chi connectivity index (χ2n) is 4.17. The van der Waals surface area contributed by atoms with Crippen LogP contribution in [-0.4, -0.2) is 17.5 Å². The van der Waals surface area contributed by atoms with Gasteiger partial charge in [0, 0.05) is 17.0 Å². The SMILES string of the molecule is COC(=O)c1ccn2c(C#N)c3ccccc3c2c1. The minimum atomic E-state index is -0.383. The molecular weight excluding hydrogens is 240 g/mol. The van der Waals surface area contributed by atoms with E-state index in [1.807, 2.05) is 24.3 Å². The number of nitriles is 1. The van der Waals surface area contributed by atoms with Gasteiger partial charge in [-0.3, -0.25) is 0 Å². The van der Waals surface area contributed by atoms with Crippen molar-refractivity contribution >= 4 is 22.3 Å². The third kappa shape index (κ3) is 1.56. The number of hydrogen-bond acceptors (Lipinski definition) is 3. The van der Waals surface area contributed by atoms with Crippen molar-refractivity contribution in [3.05, 3.63) is 53.9 Å². The zero-order valence-electron chi connectivity index (χ0n) is 10.3. The number of benzene rings is 1. The van der Waals surface area contributed by atoms with Gasteiger partial charge in [-0.25, -0.2) is 4.79 Å². The molecule has 0 aliphatic carbocycles. The molecule has 2 aromatic heterocycles. The van der Waals surface area contributed by atoms with E-state index in [9.17, 15) is 10.1 Å². The summed E-state index contributed by atoms with van der Waals surface area (Å²) in [6.45, 7) is 0. The van der Waals surface area contributed by atoms with Gasteiger partial charge in [-0.05, 0) is 12.1 Å². The minimum Gasteiger partial charge on any atom is -0.465 e. The molecule has 0 N–H and O–H groups in total. The number of rotatable bonds is 1. The van der Waals surface area contributed by atoms with Gasteiger partial charge in [-0.1, -0.05) is 24.3 Å². The van der Waals surface area contributed by atoms with Crippen LogP contribution in [0.1, 0.15) is 16.1 Å². The largest absolute Gasteiger partial charge is 0.465 e. The third-order valence-electron chi connectivity index (χ3n) is 3.18. The average molecular weight is 250 g/mol. The van der Waals surface area contributed by atoms with Crippen molar-refractivity contribution in [2.75, 3.05) is 7.11 Å². The third-order valence-corrected chi connectivity index (χ3v) is 3.18. The lowest BCUT2D eigenvalue weighted by molar-refractivity contribution is 0.0601. The number of hydrogen-bond donors (Lipinski definition) is 0. The first kappa shape index (κ1) is 11.3. The van der Waals surface area contributed by atoms with Crippen LogP contribution in [0.5, 0.6) is 0 Å². The van der Waals surface area contributed by atoms with E-state index >= 15 is 0 Å². The molecule has 0 radical (unpaired) electrons. The van der Waals surface area contributed by atoms with E-state index in [0.717, 1.165) is 16.3 Å². The predicted octanol–water partition coefficient (Wildman–Crippen LogP) is 2.75. The fourth-order valence-corrected chi connectivity index (χ4v) is 2.30. The molecule has 0 saturated heterocycles. The van der Waals surface area contributed by atoms with Crippen molar-refractivity contribution in [3.8, 4) is 6.07 Å². The summed E-state index contributed by atoms with van der Waals surface area (Å²) in [6.07, 6.45) is 1.72. The number of pyridine rings is 1. The molecule has 0 bridgehead atoms. The number of ether oxygens (including phenoxy) is 1. The summed E-state index contributed by atoms with van der Waals surface area (Å²) in [7, 11) is 1.35. The van der Waals surface area contributed by atoms with Crippen LogP contribution in [-0.2, 0) is 4.74 Å². The van der Waals surface area contributed by atoms with E-state index in [0.29, 0.717) is 11.3 Å². The molecule has 0 aliphatic rings. The molecule has 0 saturated carbocycles. The monoisotopic (exact) mass is 250 g/mol. The molecule has 92 valence electrons. The molecule has 0 spiro atoms. The Balaban J connectivity index is 2.44. The van der Waals surface area contributed by atoms with Crippen molar-refractivity contribution in [1.29, 1.82) is 5.26 Å². The zero-order chi connectivity index (χ0) is 13.4. The summed E-state index contributed by atoms with van der Waals surface area (Å²) < 4.78 is 6.51. The molecule has 0 fully saturated rings. The average Bonchev–Trinajstić information content (AvgIpc) is 2.79. The first-order valence-electron chi connectivity index (χ1n) is 5.77. The second-order valence-corrected chi connectivity index (χ2v) is 4.17. The quantitative estimate of drug-likeness (QED) is 0.624. The zero-order valence-corrected chi connectivity index (χ0v) is 10.3. The number of nitrogens with zero attached hydrogens (tertiary/aromatic N) is 2. The maximum Gasteiger partial charge on any atom is 0.337 e. The Morgan fingerprint density at radius 3 is 2.68 bits per heavy atom. The van der Waals surface area contributed by atoms with Crippen LogP contribution in [0.4, 0.5) is 0 Å². The highest BCUT2D eigenvalue weighted by atomic mass is 16.5. The summed E-state index contributed by atoms with van der Waals surface area (Å²) in [6, 6.07) is 13.2. The minimum absolute atomic E-state index is 0.383. The van der Waals surface area contributed by atoms with Crippen LogP contribution in [0, 0.1) is 11.3 Å². The van der Waals surface area contributed by atoms with E-state index in [1.54, 1.807) is 22.7 Å². The highest BCUT2D eigenvalue weighted by Gasteiger charge is 2.13. The van der Waals surface area contributed by atoms with Crippen molar-refractivity contribution in [1.82, 2.24) is 4.40 Å². The van der Waals surface area contributed by atoms with Gasteiger partial charge >= 0.3 is 5.97 Å². The summed E-state index contributed by atoms with van der Waals surface area (Å²) in [5.74, 6) is -0.383. The van der Waals surface area contributed by atoms with Crippen LogP contribution >= 0.6 is 0 Å². The Hall–Kier alpha value is -2.80. The van der Waals surface area contributed by atoms with Crippen LogP contribution in [0.2, 0.25) is 0 Å². The highest BCUT2D eigenvalue weighted by Crippen LogP contribution is 2.27. The van der Waals surface area contributed by atoms with Crippen LogP contribution in [0.15, 0.2) is 42.6 Å². The number of carbonyl (C=O) groups excluding carboxylic acids is 1. The molecule has 3 rings (SSSR count). The molecule has 2 heterocycles. The van der Waals surface area contributed by atoms with E-state index in [-0.39, 0.29) is 5.97 Å². The Morgan fingerprint density at radius 2 is 2.00 bits per heavy atom. The molecule has 0 atom stereocenters. The first-order chi connectivity index (χ1) is 9.26. The molecule has 1 aromatic carbocycles. The lowest BCUT2D eigenvalue weighted by Crippen LogP contribution is -2.01. The molecule has 19 heavy (non-hydrogen) atoms. The Labute approximate surface area is 109 Å². The number of carbonyl (C=O) groups is 1. The fourth-order valence-electron chi connectivity index (χ4n) is 2.30. The van der Waals surface area contributed by atoms with Crippen molar-refractivity contribution in [2.24, 2.45) is 0 Å². The van der Waals surface area contributed by atoms with Crippen molar-refractivity contribution in [3.63, 3.8) is 0 Å². The normalized spacial score (nSPS) is 10.5. The van der Waals surface area contributed by atoms with Gasteiger partial charge in [-0.2, -0.15) is 5.26 Å². The Bertz CT molecular complexity index is 840. The highest BCUT2D eigenvalue weighted by molar-refractivity contribution is 6.03. The number of fused-ring (bicyclic) bond motifs is 3. The van der Waals surface area contributed by atoms with Gasteiger partial charge in [0.1, 0.15) is 11.8 Å². The van der Waals surface area contributed by atoms with Gasteiger partial charge in [0.2, 0.25) is 0 Å². The summed E-state index contributed by atoms with van der Waals surface area (Å²) in [4.78, 5) is 11.6. The molecule has 4 heteroatoms. The molecule has 0 aliphatic heterocycles. The molecule has 3 aromatic rings. The van der Waals surface area contributed by atoms with Crippen molar-refractivity contribution in [2.45, 2.75) is 0 Å². The van der Waals surface area contributed by atoms with E-state index < -0.39 is 0 Å². The van der Waals surface area contributed by atoms with Crippen LogP contribution in [0.3, 0.4) is 0 Å². The lowest BCUT2D eigenvalue weighted by atomic mass is 10.1. The van der Waals surface area contributed by atoms with Gasteiger partial charge < -0.3 is 9.14 Å². The number of aromatic nitrogens is 1. The van der Waals surface area contributed by atoms with Gasteiger partial charge in [0.25, 0.3) is 0 Å². The molecule has 0 amide bonds. The smallest absolute Gasteiger partial charge is 0.337 e. The Kier molecular flexibility index (Phi) is 2.46. The first-order valence-corrected chi connectivity index (χ1v) is 5.77. The van der Waals surface area contributed by atoms with E-state index in [4.69, 9.17) is 4.74 Å². The van der Waals surface area contributed by atoms with E-state index in [2.05, 4.69) is 6.07 Å². The van der Waals surface area contributed by atoms with Crippen LogP contribution < -0.4 is 0 Å². The maximum absolute atomic E-state index is 11.6. The summed E-state index contributed by atoms with van der Waals surface area (Å²) in [5, 5.41) is 11.1. The summed E-state index contributed by atoms with van der Waals surface area (Å²) in [5.41, 5.74) is 1.87. The van der Waals surface area contributed by atoms with Gasteiger partial charge in [0.05, 0.1) is 18.2 Å². The number of esters is 1. The lowest BCUT2D eigenvalue weighted by Gasteiger charge is -2.01. The Morgan fingerprint density at radius 1 is 1.26 bits per heavy atom. The molecule has 0 unspecified atom stereocenters. The van der Waals surface area contributed by atoms with Gasteiger partial charge in [-0.15, -0.1) is 0 Å². The molecular formula is C15H10N2O2. The number of methoxy groups -OCH3 is 1. The van der Waals surface area contributed by atoms with Crippen LogP contribution in [0.25, 0.3) is 16.3 Å².